The molecule has 0 spiro atoms. The van der Waals surface area contributed by atoms with Crippen LogP contribution in [0.2, 0.25) is 5.02 Å². The summed E-state index contributed by atoms with van der Waals surface area (Å²) in [6, 6.07) is 16.1. The average molecular weight is 629 g/mol. The van der Waals surface area contributed by atoms with Gasteiger partial charge in [-0.15, -0.1) is 0 Å². The van der Waals surface area contributed by atoms with E-state index in [-0.39, 0.29) is 23.7 Å². The zero-order valence-corrected chi connectivity index (χ0v) is 28.7. The lowest BCUT2D eigenvalue weighted by molar-refractivity contribution is -0.123. The Balaban J connectivity index is 1.89. The second-order valence-corrected chi connectivity index (χ2v) is 13.5. The first-order chi connectivity index (χ1) is 21.5. The lowest BCUT2D eigenvalue weighted by Gasteiger charge is -2.29. The topological polar surface area (TPSA) is 50.4 Å². The molecule has 0 radical (unpaired) electrons. The molecule has 0 amide bonds. The Morgan fingerprint density at radius 3 is 2.47 bits per heavy atom. The Morgan fingerprint density at radius 1 is 1.07 bits per heavy atom. The van der Waals surface area contributed by atoms with Gasteiger partial charge in [0, 0.05) is 30.3 Å². The number of ketones is 1. The zero-order valence-electron chi connectivity index (χ0n) is 28.0. The van der Waals surface area contributed by atoms with Crippen molar-refractivity contribution in [2.75, 3.05) is 13.7 Å². The Bertz CT molecular complexity index is 1360. The first-order valence-electron chi connectivity index (χ1n) is 16.3. The van der Waals surface area contributed by atoms with Crippen molar-refractivity contribution in [1.82, 2.24) is 10.6 Å². The van der Waals surface area contributed by atoms with Crippen molar-refractivity contribution in [3.8, 4) is 5.75 Å². The second-order valence-electron chi connectivity index (χ2n) is 13.1. The predicted octanol–water partition coefficient (Wildman–Crippen LogP) is 9.60. The van der Waals surface area contributed by atoms with Crippen molar-refractivity contribution in [3.05, 3.63) is 120 Å². The fourth-order valence-corrected chi connectivity index (χ4v) is 6.17. The van der Waals surface area contributed by atoms with Crippen LogP contribution in [0.1, 0.15) is 64.5 Å². The van der Waals surface area contributed by atoms with Crippen LogP contribution in [0.25, 0.3) is 6.08 Å². The van der Waals surface area contributed by atoms with Crippen LogP contribution in [0.3, 0.4) is 0 Å². The number of benzene rings is 2. The van der Waals surface area contributed by atoms with E-state index in [1.165, 1.54) is 11.1 Å². The third-order valence-electron chi connectivity index (χ3n) is 8.82. The number of hydrogen-bond acceptors (Lipinski definition) is 4. The van der Waals surface area contributed by atoms with Crippen LogP contribution in [0, 0.1) is 29.6 Å². The van der Waals surface area contributed by atoms with E-state index in [2.05, 4.69) is 99.7 Å². The van der Waals surface area contributed by atoms with Crippen molar-refractivity contribution in [2.45, 2.75) is 65.8 Å². The van der Waals surface area contributed by atoms with Gasteiger partial charge < -0.3 is 15.4 Å². The molecule has 0 fully saturated rings. The van der Waals surface area contributed by atoms with Gasteiger partial charge in [0.15, 0.2) is 0 Å². The van der Waals surface area contributed by atoms with E-state index in [9.17, 15) is 4.79 Å². The molecular weight excluding hydrogens is 576 g/mol. The molecule has 3 unspecified atom stereocenters. The lowest BCUT2D eigenvalue weighted by Crippen LogP contribution is -2.39. The summed E-state index contributed by atoms with van der Waals surface area (Å²) in [5.74, 6) is 2.05. The number of nitrogens with one attached hydrogen (secondary N) is 2. The zero-order chi connectivity index (χ0) is 32.9. The summed E-state index contributed by atoms with van der Waals surface area (Å²) in [5.41, 5.74) is 5.04. The average Bonchev–Trinajstić information content (AvgIpc) is 3.01. The number of allylic oxidation sites excluding steroid dienone is 4. The molecule has 0 bridgehead atoms. The second kappa shape index (κ2) is 17.8. The molecule has 4 nitrogen and oxygen atoms in total. The van der Waals surface area contributed by atoms with Gasteiger partial charge >= 0.3 is 0 Å². The van der Waals surface area contributed by atoms with Crippen molar-refractivity contribution in [3.63, 3.8) is 0 Å². The minimum absolute atomic E-state index is 0.153. The third kappa shape index (κ3) is 11.7. The summed E-state index contributed by atoms with van der Waals surface area (Å²) in [5, 5.41) is 7.59. The van der Waals surface area contributed by atoms with E-state index in [1.54, 1.807) is 7.11 Å². The summed E-state index contributed by atoms with van der Waals surface area (Å²) in [4.78, 5) is 13.6. The van der Waals surface area contributed by atoms with Crippen LogP contribution in [-0.2, 0) is 11.2 Å². The number of carbonyl (C=O) groups excluding carboxylic acids is 1. The van der Waals surface area contributed by atoms with E-state index in [4.69, 9.17) is 16.3 Å². The van der Waals surface area contributed by atoms with Crippen LogP contribution >= 0.6 is 11.6 Å². The molecule has 242 valence electrons. The van der Waals surface area contributed by atoms with Gasteiger partial charge in [-0.3, -0.25) is 4.79 Å². The number of rotatable bonds is 8. The maximum atomic E-state index is 13.6. The van der Waals surface area contributed by atoms with Crippen LogP contribution in [-0.4, -0.2) is 25.5 Å². The normalized spacial score (nSPS) is 23.9. The standard InChI is InChI=1S/C40H53ClN2O2/c1-27(2)21-36-25-39(44)30(5)26-42-32(7)38(24-34-19-20-40(45-8)37(41)23-34)43-31(6)13-12-16-35(22-29(36)4)28(3)17-18-33-14-10-9-11-15-33/h9-15,17-20,23,27-28,30,35-36,38,42-43H,4,6-7,16,21-22,24-26H2,1-3,5,8H3/b13-12+,18-17+/t28?,30?,35-,36?,38-/m1/s1. The smallest absolute Gasteiger partial charge is 0.138 e. The minimum atomic E-state index is -0.154. The number of carbonyl (C=O) groups is 1. The van der Waals surface area contributed by atoms with Gasteiger partial charge in [0.25, 0.3) is 0 Å². The molecular formula is C40H53ClN2O2. The number of halogens is 1. The van der Waals surface area contributed by atoms with Crippen LogP contribution in [0.15, 0.2) is 103 Å². The Morgan fingerprint density at radius 2 is 1.80 bits per heavy atom. The molecule has 5 heteroatoms. The van der Waals surface area contributed by atoms with Gasteiger partial charge in [-0.25, -0.2) is 0 Å². The molecule has 0 saturated carbocycles. The molecule has 2 aromatic carbocycles. The molecule has 0 saturated heterocycles. The molecule has 1 heterocycles. The molecule has 2 N–H and O–H groups in total. The van der Waals surface area contributed by atoms with E-state index >= 15 is 0 Å². The first-order valence-corrected chi connectivity index (χ1v) is 16.6. The maximum Gasteiger partial charge on any atom is 0.138 e. The number of methoxy groups -OCH3 is 1. The van der Waals surface area contributed by atoms with Crippen LogP contribution < -0.4 is 15.4 Å². The molecule has 3 rings (SSSR count). The molecule has 2 aromatic rings. The Labute approximate surface area is 277 Å². The number of hydrogen-bond donors (Lipinski definition) is 2. The van der Waals surface area contributed by atoms with Crippen LogP contribution in [0.5, 0.6) is 5.75 Å². The van der Waals surface area contributed by atoms with Crippen molar-refractivity contribution in [2.24, 2.45) is 29.6 Å². The number of Topliss-reactive ketones (excluding diaryl/α,β-unsaturated/α-hetero) is 1. The lowest BCUT2D eigenvalue weighted by atomic mass is 9.77. The van der Waals surface area contributed by atoms with E-state index in [1.807, 2.05) is 31.2 Å². The minimum Gasteiger partial charge on any atom is -0.495 e. The summed E-state index contributed by atoms with van der Waals surface area (Å²) in [6.07, 6.45) is 12.7. The fourth-order valence-electron chi connectivity index (χ4n) is 5.89. The summed E-state index contributed by atoms with van der Waals surface area (Å²) in [7, 11) is 1.61. The van der Waals surface area contributed by atoms with Gasteiger partial charge in [0.2, 0.25) is 0 Å². The Hall–Kier alpha value is -3.50. The molecule has 45 heavy (non-hydrogen) atoms. The first kappa shape index (κ1) is 36.0. The highest BCUT2D eigenvalue weighted by Crippen LogP contribution is 2.33. The molecule has 5 atom stereocenters. The molecule has 1 aliphatic heterocycles. The summed E-state index contributed by atoms with van der Waals surface area (Å²) >= 11 is 6.44. The van der Waals surface area contributed by atoms with Gasteiger partial charge in [-0.1, -0.05) is 119 Å². The molecule has 1 aliphatic rings. The maximum absolute atomic E-state index is 13.6. The Kier molecular flexibility index (Phi) is 14.3. The van der Waals surface area contributed by atoms with Gasteiger partial charge in [0.1, 0.15) is 11.5 Å². The fraction of sp³-hybridized carbons (Fsp3) is 0.425. The predicted molar refractivity (Wildman–Crippen MR) is 192 cm³/mol. The summed E-state index contributed by atoms with van der Waals surface area (Å²) < 4.78 is 5.34. The van der Waals surface area contributed by atoms with Gasteiger partial charge in [-0.05, 0) is 78.7 Å². The highest BCUT2D eigenvalue weighted by atomic mass is 35.5. The number of ether oxygens (including phenoxy) is 1. The molecule has 0 aliphatic carbocycles. The monoisotopic (exact) mass is 628 g/mol. The van der Waals surface area contributed by atoms with E-state index in [0.717, 1.165) is 36.2 Å². The van der Waals surface area contributed by atoms with Crippen LogP contribution in [0.4, 0.5) is 0 Å². The highest BCUT2D eigenvalue weighted by Gasteiger charge is 2.26. The van der Waals surface area contributed by atoms with Crippen molar-refractivity contribution in [1.29, 1.82) is 0 Å². The van der Waals surface area contributed by atoms with Gasteiger partial charge in [-0.2, -0.15) is 0 Å². The largest absolute Gasteiger partial charge is 0.495 e. The highest BCUT2D eigenvalue weighted by molar-refractivity contribution is 6.32. The van der Waals surface area contributed by atoms with E-state index < -0.39 is 0 Å². The van der Waals surface area contributed by atoms with Gasteiger partial charge in [0.05, 0.1) is 18.2 Å². The third-order valence-corrected chi connectivity index (χ3v) is 9.12. The SMILES string of the molecule is C=C1/C=C/C[C@@H](C(C)/C=C/c2ccccc2)CC(=C)C(CC(C)C)CC(=O)C(C)CNC(=C)[C@@H](Cc2ccc(OC)c(Cl)c2)N1. The van der Waals surface area contributed by atoms with E-state index in [0.29, 0.717) is 47.9 Å². The molecule has 0 aromatic heterocycles. The van der Waals surface area contributed by atoms with Crippen molar-refractivity contribution < 1.29 is 9.53 Å². The van der Waals surface area contributed by atoms with Crippen molar-refractivity contribution >= 4 is 23.5 Å². The summed E-state index contributed by atoms with van der Waals surface area (Å²) in [6.45, 7) is 22.5. The quantitative estimate of drug-likeness (QED) is 0.286.